The summed E-state index contributed by atoms with van der Waals surface area (Å²) in [5.41, 5.74) is 8.32. The number of aryl methyl sites for hydroxylation is 3. The Morgan fingerprint density at radius 1 is 0.421 bits per heavy atom. The maximum absolute atomic E-state index is 11.7. The molecular formula is C55H52BBr2N3O15. The number of nitrogens with zero attached hydrogens (tertiary/aromatic N) is 3. The molecule has 0 aromatic heterocycles. The van der Waals surface area contributed by atoms with Gasteiger partial charge >= 0.3 is 7.12 Å². The lowest BCUT2D eigenvalue weighted by molar-refractivity contribution is -0.385. The van der Waals surface area contributed by atoms with E-state index in [0.717, 1.165) is 22.3 Å². The lowest BCUT2D eigenvalue weighted by atomic mass is 9.80. The first kappa shape index (κ1) is 60.1. The van der Waals surface area contributed by atoms with Gasteiger partial charge in [0.15, 0.2) is 34.5 Å². The van der Waals surface area contributed by atoms with Crippen molar-refractivity contribution in [2.45, 2.75) is 28.2 Å². The van der Waals surface area contributed by atoms with E-state index in [1.54, 1.807) is 88.1 Å². The Morgan fingerprint density at radius 2 is 0.855 bits per heavy atom. The molecule has 0 unspecified atom stereocenters. The molecule has 0 atom stereocenters. The molecule has 0 saturated heterocycles. The summed E-state index contributed by atoms with van der Waals surface area (Å²) < 4.78 is 16.8. The Balaban J connectivity index is 0.000000234. The highest BCUT2D eigenvalue weighted by Gasteiger charge is 2.21. The van der Waals surface area contributed by atoms with Crippen molar-refractivity contribution < 1.29 is 59.5 Å². The number of rotatable bonds is 11. The fourth-order valence-corrected chi connectivity index (χ4v) is 7.89. The topological polar surface area (TPSA) is 278 Å². The van der Waals surface area contributed by atoms with Gasteiger partial charge in [-0.2, -0.15) is 0 Å². The summed E-state index contributed by atoms with van der Waals surface area (Å²) in [5.74, 6) is 0.475. The molecule has 21 heteroatoms. The van der Waals surface area contributed by atoms with Crippen LogP contribution >= 0.6 is 31.9 Å². The van der Waals surface area contributed by atoms with Crippen LogP contribution in [0.25, 0.3) is 44.5 Å². The summed E-state index contributed by atoms with van der Waals surface area (Å²) in [4.78, 5) is 32.2. The Hall–Kier alpha value is -8.50. The molecule has 0 aliphatic heterocycles. The smallest absolute Gasteiger partial charge is 0.488 e. The monoisotopic (exact) mass is 1160 g/mol. The van der Waals surface area contributed by atoms with Crippen LogP contribution in [0.15, 0.2) is 155 Å². The summed E-state index contributed by atoms with van der Waals surface area (Å²) in [7, 11) is 3.21. The van der Waals surface area contributed by atoms with Crippen molar-refractivity contribution in [2.24, 2.45) is 0 Å². The number of aromatic hydroxyl groups is 4. The average molecular weight is 1170 g/mol. The first-order valence-electron chi connectivity index (χ1n) is 22.1. The molecule has 18 nitrogen and oxygen atoms in total. The van der Waals surface area contributed by atoms with Gasteiger partial charge in [-0.3, -0.25) is 30.3 Å². The first-order chi connectivity index (χ1) is 35.6. The molecule has 0 fully saturated rings. The number of ether oxygens (including phenoxy) is 3. The molecule has 0 aliphatic carbocycles. The predicted octanol–water partition coefficient (Wildman–Crippen LogP) is 12.8. The van der Waals surface area contributed by atoms with E-state index in [4.69, 9.17) is 24.3 Å². The van der Waals surface area contributed by atoms with Crippen LogP contribution in [0.1, 0.15) is 24.1 Å². The number of phenolic OH excluding ortho intramolecular Hbond substituents is 4. The fourth-order valence-electron chi connectivity index (χ4n) is 7.15. The summed E-state index contributed by atoms with van der Waals surface area (Å²) in [6.07, 6.45) is 0. The minimum absolute atomic E-state index is 0. The van der Waals surface area contributed by atoms with Gasteiger partial charge < -0.3 is 44.7 Å². The number of halogens is 2. The van der Waals surface area contributed by atoms with Gasteiger partial charge in [0.2, 0.25) is 0 Å². The molecule has 0 heterocycles. The second-order valence-corrected chi connectivity index (χ2v) is 18.0. The third kappa shape index (κ3) is 15.3. The molecule has 8 aromatic rings. The second kappa shape index (κ2) is 27.2. The van der Waals surface area contributed by atoms with E-state index in [2.05, 4.69) is 31.9 Å². The van der Waals surface area contributed by atoms with Gasteiger partial charge in [0, 0.05) is 22.7 Å². The summed E-state index contributed by atoms with van der Waals surface area (Å²) >= 11 is 6.21. The molecule has 8 aromatic carbocycles. The minimum atomic E-state index is -1.43. The molecular weight excluding hydrogens is 1110 g/mol. The minimum Gasteiger partial charge on any atom is -0.504 e. The van der Waals surface area contributed by atoms with E-state index in [1.807, 2.05) is 45.0 Å². The zero-order valence-electron chi connectivity index (χ0n) is 40.9. The number of phenols is 4. The molecule has 76 heavy (non-hydrogen) atoms. The molecule has 8 rings (SSSR count). The Bertz CT molecular complexity index is 3400. The van der Waals surface area contributed by atoms with Gasteiger partial charge in [-0.1, -0.05) is 84.0 Å². The molecule has 0 spiro atoms. The summed E-state index contributed by atoms with van der Waals surface area (Å²) in [6.45, 7) is 5.97. The number of hydrogen-bond donors (Lipinski definition) is 6. The van der Waals surface area contributed by atoms with Crippen LogP contribution in [0.2, 0.25) is 0 Å². The summed E-state index contributed by atoms with van der Waals surface area (Å²) in [5, 5.41) is 89.1. The van der Waals surface area contributed by atoms with Gasteiger partial charge in [-0.15, -0.1) is 0 Å². The van der Waals surface area contributed by atoms with Crippen LogP contribution in [-0.4, -0.2) is 73.7 Å². The number of methoxy groups -OCH3 is 3. The van der Waals surface area contributed by atoms with Crippen molar-refractivity contribution in [2.75, 3.05) is 21.3 Å². The van der Waals surface area contributed by atoms with Gasteiger partial charge in [0.05, 0.1) is 51.7 Å². The van der Waals surface area contributed by atoms with Crippen LogP contribution < -0.4 is 19.7 Å². The Morgan fingerprint density at radius 3 is 1.33 bits per heavy atom. The Labute approximate surface area is 454 Å². The van der Waals surface area contributed by atoms with Crippen molar-refractivity contribution >= 4 is 61.5 Å². The second-order valence-electron chi connectivity index (χ2n) is 16.2. The fraction of sp³-hybridized carbons (Fsp3) is 0.127. The van der Waals surface area contributed by atoms with E-state index < -0.39 is 17.0 Å². The third-order valence-electron chi connectivity index (χ3n) is 11.4. The van der Waals surface area contributed by atoms with Crippen molar-refractivity contribution in [3.8, 4) is 84.8 Å². The van der Waals surface area contributed by atoms with Crippen molar-refractivity contribution in [1.82, 2.24) is 0 Å². The molecule has 0 radical (unpaired) electrons. The highest BCUT2D eigenvalue weighted by molar-refractivity contribution is 9.11. The standard InChI is InChI=1S/C22H21NO4.C18H13NO6.C8H11BO3.C6H3Br2NO2.CH4/c1-14-5-6-16(11-15(14)2)17-7-9-19(20(12-17)23(24)25)18-8-10-21(26-3)22(13-18)27-4;20-15-5-2-11(8-17(15)22)10-1-4-13(14(7-10)19(24)25)12-3-6-16(21)18(23)9-12;1-6-3-4-7(9(10)11)5-8(6)12-2;7-4-1-2-5(8)6(3-4)9(10)11;/h5-13H,1-4H3;1-9,20-23H;3-5,10-11H,1-2H3;1-3H;1H4. The number of benzene rings is 8. The number of nitro benzene ring substituents is 3. The Kier molecular flexibility index (Phi) is 21.5. The average Bonchev–Trinajstić information content (AvgIpc) is 3.39. The molecule has 0 saturated carbocycles. The highest BCUT2D eigenvalue weighted by atomic mass is 79.9. The largest absolute Gasteiger partial charge is 0.504 e. The van der Waals surface area contributed by atoms with E-state index in [0.29, 0.717) is 59.5 Å². The highest BCUT2D eigenvalue weighted by Crippen LogP contribution is 2.41. The van der Waals surface area contributed by atoms with Gasteiger partial charge in [-0.25, -0.2) is 0 Å². The zero-order chi connectivity index (χ0) is 55.3. The molecule has 6 N–H and O–H groups in total. The van der Waals surface area contributed by atoms with Gasteiger partial charge in [0.25, 0.3) is 17.1 Å². The third-order valence-corrected chi connectivity index (χ3v) is 12.5. The van der Waals surface area contributed by atoms with Crippen LogP contribution in [0.5, 0.6) is 40.2 Å². The van der Waals surface area contributed by atoms with E-state index in [9.17, 15) is 50.8 Å². The molecule has 0 amide bonds. The first-order valence-corrected chi connectivity index (χ1v) is 23.7. The van der Waals surface area contributed by atoms with Crippen LogP contribution in [-0.2, 0) is 0 Å². The van der Waals surface area contributed by atoms with E-state index >= 15 is 0 Å². The van der Waals surface area contributed by atoms with Crippen LogP contribution in [0.4, 0.5) is 17.1 Å². The van der Waals surface area contributed by atoms with E-state index in [-0.39, 0.29) is 58.0 Å². The maximum Gasteiger partial charge on any atom is 0.488 e. The lowest BCUT2D eigenvalue weighted by Crippen LogP contribution is -2.29. The van der Waals surface area contributed by atoms with Crippen molar-refractivity contribution in [3.05, 3.63) is 202 Å². The SMILES string of the molecule is C.COc1cc(B(O)O)ccc1C.COc1ccc(-c2ccc(-c3ccc(C)c(C)c3)cc2[N+](=O)[O-])cc1OC.O=[N+]([O-])c1cc(-c2ccc(O)c(O)c2)ccc1-c1ccc(O)c(O)c1.O=[N+]([O-])c1cc(Br)ccc1Br. The van der Waals surface area contributed by atoms with Crippen LogP contribution in [0.3, 0.4) is 0 Å². The van der Waals surface area contributed by atoms with E-state index in [1.165, 1.54) is 60.2 Å². The van der Waals surface area contributed by atoms with Crippen LogP contribution in [0, 0.1) is 51.1 Å². The number of hydrogen-bond acceptors (Lipinski definition) is 15. The molecule has 0 bridgehead atoms. The predicted molar refractivity (Wildman–Crippen MR) is 300 cm³/mol. The quantitative estimate of drug-likeness (QED) is 0.0304. The van der Waals surface area contributed by atoms with Gasteiger partial charge in [0.1, 0.15) is 5.75 Å². The van der Waals surface area contributed by atoms with Crippen molar-refractivity contribution in [3.63, 3.8) is 0 Å². The lowest BCUT2D eigenvalue weighted by Gasteiger charge is -2.11. The normalized spacial score (nSPS) is 10.1. The molecule has 0 aliphatic rings. The maximum atomic E-state index is 11.7. The number of nitro groups is 3. The summed E-state index contributed by atoms with van der Waals surface area (Å²) in [6, 6.07) is 39.1. The van der Waals surface area contributed by atoms with Gasteiger partial charge in [-0.05, 0) is 159 Å². The molecule has 394 valence electrons. The zero-order valence-corrected chi connectivity index (χ0v) is 44.1. The van der Waals surface area contributed by atoms with Crippen molar-refractivity contribution in [1.29, 1.82) is 0 Å².